The Morgan fingerprint density at radius 3 is 2.28 bits per heavy atom. The zero-order valence-electron chi connectivity index (χ0n) is 32.3. The summed E-state index contributed by atoms with van der Waals surface area (Å²) in [4.78, 5) is 60.8. The first-order valence-electron chi connectivity index (χ1n) is 19.1. The monoisotopic (exact) mass is 809 g/mol. The van der Waals surface area contributed by atoms with E-state index in [4.69, 9.17) is 32.9 Å². The van der Waals surface area contributed by atoms with Crippen molar-refractivity contribution in [1.82, 2.24) is 35.2 Å². The van der Waals surface area contributed by atoms with Crippen molar-refractivity contribution in [3.63, 3.8) is 0 Å². The van der Waals surface area contributed by atoms with Gasteiger partial charge in [0.05, 0.1) is 17.3 Å². The van der Waals surface area contributed by atoms with E-state index in [-0.39, 0.29) is 47.7 Å². The van der Waals surface area contributed by atoms with Crippen molar-refractivity contribution in [3.05, 3.63) is 110 Å². The lowest BCUT2D eigenvalue weighted by molar-refractivity contribution is -0.120. The van der Waals surface area contributed by atoms with Gasteiger partial charge in [-0.2, -0.15) is 0 Å². The van der Waals surface area contributed by atoms with Gasteiger partial charge in [-0.25, -0.2) is 14.8 Å². The molecule has 7 rings (SSSR count). The molecule has 0 aliphatic carbocycles. The summed E-state index contributed by atoms with van der Waals surface area (Å²) in [5.74, 6) is 0.0229. The second kappa shape index (κ2) is 16.7. The molecule has 2 aliphatic rings. The number of halogens is 2. The minimum Gasteiger partial charge on any atom is -0.444 e. The second-order valence-electron chi connectivity index (χ2n) is 15.6. The minimum absolute atomic E-state index is 0.0362. The number of ether oxygens (including phenoxy) is 1. The predicted octanol–water partition coefficient (Wildman–Crippen LogP) is 7.09. The van der Waals surface area contributed by atoms with Gasteiger partial charge in [0.2, 0.25) is 11.8 Å². The van der Waals surface area contributed by atoms with Crippen LogP contribution in [0.1, 0.15) is 63.1 Å². The highest BCUT2D eigenvalue weighted by atomic mass is 35.5. The summed E-state index contributed by atoms with van der Waals surface area (Å²) in [5, 5.41) is 9.85. The maximum atomic E-state index is 13.3. The molecule has 3 amide bonds. The van der Waals surface area contributed by atoms with Gasteiger partial charge in [0.15, 0.2) is 0 Å². The Morgan fingerprint density at radius 1 is 0.912 bits per heavy atom. The van der Waals surface area contributed by atoms with Crippen LogP contribution in [0, 0.1) is 6.92 Å². The molecule has 0 bridgehead atoms. The van der Waals surface area contributed by atoms with E-state index in [0.717, 1.165) is 34.2 Å². The summed E-state index contributed by atoms with van der Waals surface area (Å²) in [6.45, 7) is 8.83. The van der Waals surface area contributed by atoms with Gasteiger partial charge < -0.3 is 25.6 Å². The molecule has 2 atom stereocenters. The molecule has 2 fully saturated rings. The lowest BCUT2D eigenvalue weighted by Crippen LogP contribution is -2.43. The normalized spacial score (nSPS) is 16.8. The number of aromatic nitrogens is 3. The predicted molar refractivity (Wildman–Crippen MR) is 221 cm³/mol. The average Bonchev–Trinajstić information content (AvgIpc) is 3.79. The molecule has 5 heterocycles. The molecule has 2 aromatic carbocycles. The summed E-state index contributed by atoms with van der Waals surface area (Å²) < 4.78 is 7.23. The molecule has 0 spiro atoms. The van der Waals surface area contributed by atoms with Gasteiger partial charge in [-0.15, -0.1) is 0 Å². The molecule has 2 aliphatic heterocycles. The number of carbonyl (C=O) groups excluding carboxylic acids is 3. The third kappa shape index (κ3) is 9.14. The van der Waals surface area contributed by atoms with E-state index in [9.17, 15) is 19.2 Å². The maximum Gasteiger partial charge on any atom is 0.410 e. The molecule has 296 valence electrons. The van der Waals surface area contributed by atoms with Gasteiger partial charge in [-0.1, -0.05) is 65.7 Å². The zero-order valence-corrected chi connectivity index (χ0v) is 33.8. The maximum absolute atomic E-state index is 13.3. The first-order valence-corrected chi connectivity index (χ1v) is 19.8. The highest BCUT2D eigenvalue weighted by molar-refractivity contribution is 6.36. The number of nitrogens with one attached hydrogen (secondary N) is 3. The Balaban J connectivity index is 1.11. The third-order valence-electron chi connectivity index (χ3n) is 10.2. The first-order chi connectivity index (χ1) is 27.2. The number of nitrogens with zero attached hydrogens (tertiary/aromatic N) is 4. The van der Waals surface area contributed by atoms with Gasteiger partial charge in [0.1, 0.15) is 16.4 Å². The van der Waals surface area contributed by atoms with Crippen LogP contribution in [0.3, 0.4) is 0 Å². The molecular weight excluding hydrogens is 765 g/mol. The molecule has 0 unspecified atom stereocenters. The summed E-state index contributed by atoms with van der Waals surface area (Å²) in [5.41, 5.74) is 6.71. The Morgan fingerprint density at radius 2 is 1.60 bits per heavy atom. The fraction of sp³-hybridized carbons (Fsp3) is 0.349. The molecule has 2 saturated heterocycles. The number of rotatable bonds is 11. The van der Waals surface area contributed by atoms with Crippen LogP contribution in [0.25, 0.3) is 39.2 Å². The molecule has 5 aromatic rings. The third-order valence-corrected chi connectivity index (χ3v) is 11.0. The van der Waals surface area contributed by atoms with Crippen LogP contribution in [0.4, 0.5) is 4.79 Å². The van der Waals surface area contributed by atoms with Crippen molar-refractivity contribution in [3.8, 4) is 33.5 Å². The summed E-state index contributed by atoms with van der Waals surface area (Å²) in [7, 11) is 0. The smallest absolute Gasteiger partial charge is 0.410 e. The molecular formula is C43H45Cl2N7O5. The molecule has 0 saturated carbocycles. The van der Waals surface area contributed by atoms with Crippen LogP contribution in [-0.2, 0) is 27.4 Å². The Hall–Kier alpha value is -5.30. The van der Waals surface area contributed by atoms with Gasteiger partial charge >= 0.3 is 6.09 Å². The lowest BCUT2D eigenvalue weighted by Gasteiger charge is -2.29. The fourth-order valence-electron chi connectivity index (χ4n) is 7.34. The van der Waals surface area contributed by atoms with E-state index in [1.54, 1.807) is 42.5 Å². The van der Waals surface area contributed by atoms with Crippen molar-refractivity contribution >= 4 is 46.8 Å². The van der Waals surface area contributed by atoms with Crippen molar-refractivity contribution in [1.29, 1.82) is 0 Å². The lowest BCUT2D eigenvalue weighted by atomic mass is 9.92. The summed E-state index contributed by atoms with van der Waals surface area (Å²) >= 11 is 14.0. The van der Waals surface area contributed by atoms with E-state index in [2.05, 4.69) is 20.9 Å². The van der Waals surface area contributed by atoms with Gasteiger partial charge in [0.25, 0.3) is 5.56 Å². The SMILES string of the molecule is Cc1c(-c2ccn3c(=O)c(CNC[C@@H]4CCC(=O)N4)cnc3c2)cccc1-c1cccc(-c2ccc(CN(C[C@@H]3CCC(=O)N3)C(=O)OC(C)(C)C)c(Cl)n2)c1Cl. The number of pyridine rings is 2. The second-order valence-corrected chi connectivity index (χ2v) is 16.4. The number of hydrogen-bond donors (Lipinski definition) is 3. The topological polar surface area (TPSA) is 147 Å². The van der Waals surface area contributed by atoms with Gasteiger partial charge in [-0.3, -0.25) is 18.8 Å². The van der Waals surface area contributed by atoms with Crippen LogP contribution < -0.4 is 21.5 Å². The van der Waals surface area contributed by atoms with Gasteiger partial charge in [-0.05, 0) is 81.0 Å². The van der Waals surface area contributed by atoms with Crippen LogP contribution in [0.5, 0.6) is 0 Å². The largest absolute Gasteiger partial charge is 0.444 e. The van der Waals surface area contributed by atoms with Crippen LogP contribution >= 0.6 is 23.2 Å². The Bertz CT molecular complexity index is 2430. The summed E-state index contributed by atoms with van der Waals surface area (Å²) in [6.07, 6.45) is 5.22. The number of amides is 3. The van der Waals surface area contributed by atoms with E-state index >= 15 is 0 Å². The zero-order chi connectivity index (χ0) is 40.4. The van der Waals surface area contributed by atoms with E-state index in [1.165, 1.54) is 0 Å². The summed E-state index contributed by atoms with van der Waals surface area (Å²) in [6, 6.07) is 19.2. The number of hydrogen-bond acceptors (Lipinski definition) is 8. The minimum atomic E-state index is -0.700. The van der Waals surface area contributed by atoms with Crippen LogP contribution in [0.2, 0.25) is 10.2 Å². The Kier molecular flexibility index (Phi) is 11.7. The van der Waals surface area contributed by atoms with E-state index < -0.39 is 11.7 Å². The van der Waals surface area contributed by atoms with E-state index in [1.807, 2.05) is 67.6 Å². The fourth-order valence-corrected chi connectivity index (χ4v) is 7.88. The van der Waals surface area contributed by atoms with Crippen molar-refractivity contribution in [2.75, 3.05) is 13.1 Å². The molecule has 0 radical (unpaired) electrons. The molecule has 3 N–H and O–H groups in total. The highest BCUT2D eigenvalue weighted by Gasteiger charge is 2.29. The van der Waals surface area contributed by atoms with Gasteiger partial charge in [0, 0.05) is 79.2 Å². The van der Waals surface area contributed by atoms with Crippen molar-refractivity contribution in [2.45, 2.75) is 84.2 Å². The Labute approximate surface area is 341 Å². The van der Waals surface area contributed by atoms with E-state index in [0.29, 0.717) is 65.4 Å². The molecule has 3 aromatic heterocycles. The van der Waals surface area contributed by atoms with Crippen molar-refractivity contribution < 1.29 is 19.1 Å². The molecule has 12 nitrogen and oxygen atoms in total. The average molecular weight is 811 g/mol. The first kappa shape index (κ1) is 39.9. The van der Waals surface area contributed by atoms with Crippen LogP contribution in [-0.4, -0.2) is 68.0 Å². The molecule has 57 heavy (non-hydrogen) atoms. The standard InChI is InChI=1S/C43H45Cl2N7O5/c1-25-31(26-17-18-52-36(19-26)47-21-28(41(52)55)20-46-22-29-12-15-37(53)48-29)7-5-8-32(25)33-9-6-10-34(39(33)44)35-14-11-27(40(45)50-35)23-51(42(56)57-43(2,3)4)24-30-13-16-38(54)49-30/h5-11,14,17-19,21,29-30,46H,12-13,15-16,20,22-24H2,1-4H3,(H,48,53)(H,49,54)/t29-,30-/m0/s1. The molecule has 14 heteroatoms. The number of fused-ring (bicyclic) bond motifs is 1. The number of benzene rings is 2. The number of carbonyl (C=O) groups is 3. The highest BCUT2D eigenvalue weighted by Crippen LogP contribution is 2.40. The van der Waals surface area contributed by atoms with Crippen LogP contribution in [0.15, 0.2) is 77.9 Å². The van der Waals surface area contributed by atoms with Crippen molar-refractivity contribution in [2.24, 2.45) is 0 Å². The quantitative estimate of drug-likeness (QED) is 0.120.